The fraction of sp³-hybridized carbons (Fsp3) is 0.867. The van der Waals surface area contributed by atoms with Crippen LogP contribution in [0.15, 0.2) is 0 Å². The van der Waals surface area contributed by atoms with Gasteiger partial charge < -0.3 is 0 Å². The second kappa shape index (κ2) is 11.1. The molecular weight excluding hydrogens is 222 g/mol. The number of unbranched alkanes of at least 4 members (excludes halogenated alkanes) is 5. The molecular formula is C15H27N3. The first-order chi connectivity index (χ1) is 8.67. The highest BCUT2D eigenvalue weighted by Crippen LogP contribution is 2.12. The molecule has 0 spiro atoms. The van der Waals surface area contributed by atoms with Gasteiger partial charge in [0.25, 0.3) is 0 Å². The first kappa shape index (κ1) is 16.9. The van der Waals surface area contributed by atoms with Crippen LogP contribution in [0.25, 0.3) is 0 Å². The van der Waals surface area contributed by atoms with Gasteiger partial charge in [0.15, 0.2) is 0 Å². The Morgan fingerprint density at radius 2 is 1.61 bits per heavy atom. The van der Waals surface area contributed by atoms with Crippen molar-refractivity contribution in [3.63, 3.8) is 0 Å². The van der Waals surface area contributed by atoms with Gasteiger partial charge in [0.2, 0.25) is 0 Å². The lowest BCUT2D eigenvalue weighted by atomic mass is 10.0. The first-order valence-electron chi connectivity index (χ1n) is 7.18. The highest BCUT2D eigenvalue weighted by molar-refractivity contribution is 4.96. The van der Waals surface area contributed by atoms with E-state index in [9.17, 15) is 0 Å². The van der Waals surface area contributed by atoms with E-state index in [1.54, 1.807) is 0 Å². The molecule has 0 rings (SSSR count). The van der Waals surface area contributed by atoms with Crippen molar-refractivity contribution >= 4 is 0 Å². The topological polar surface area (TPSA) is 50.8 Å². The molecule has 0 N–H and O–H groups in total. The summed E-state index contributed by atoms with van der Waals surface area (Å²) >= 11 is 0. The summed E-state index contributed by atoms with van der Waals surface area (Å²) in [6, 6.07) is 4.37. The molecule has 1 atom stereocenters. The Bertz CT molecular complexity index is 272. The molecule has 0 aliphatic carbocycles. The average molecular weight is 249 g/mol. The molecule has 0 aromatic rings. The molecule has 0 saturated heterocycles. The Kier molecular flexibility index (Phi) is 10.4. The van der Waals surface area contributed by atoms with E-state index in [0.717, 1.165) is 13.0 Å². The smallest absolute Gasteiger partial charge is 0.101 e. The zero-order valence-electron chi connectivity index (χ0n) is 12.2. The number of rotatable bonds is 10. The number of hydrogen-bond acceptors (Lipinski definition) is 3. The summed E-state index contributed by atoms with van der Waals surface area (Å²) in [5, 5.41) is 18.0. The summed E-state index contributed by atoms with van der Waals surface area (Å²) in [6.45, 7) is 7.54. The highest BCUT2D eigenvalue weighted by atomic mass is 15.1. The quantitative estimate of drug-likeness (QED) is 0.438. The van der Waals surface area contributed by atoms with Crippen LogP contribution in [-0.2, 0) is 0 Å². The van der Waals surface area contributed by atoms with Crippen molar-refractivity contribution in [3.8, 4) is 12.1 Å². The van der Waals surface area contributed by atoms with Crippen molar-refractivity contribution < 1.29 is 0 Å². The molecule has 0 aromatic carbocycles. The fourth-order valence-corrected chi connectivity index (χ4v) is 2.15. The van der Waals surface area contributed by atoms with E-state index in [2.05, 4.69) is 19.1 Å². The maximum atomic E-state index is 9.17. The lowest BCUT2D eigenvalue weighted by Gasteiger charge is -2.27. The van der Waals surface area contributed by atoms with Crippen molar-refractivity contribution in [3.05, 3.63) is 0 Å². The largest absolute Gasteiger partial charge is 0.275 e. The van der Waals surface area contributed by atoms with Gasteiger partial charge >= 0.3 is 0 Å². The fourth-order valence-electron chi connectivity index (χ4n) is 2.15. The maximum Gasteiger partial charge on any atom is 0.101 e. The minimum absolute atomic E-state index is 0.125. The van der Waals surface area contributed by atoms with Crippen molar-refractivity contribution in [2.75, 3.05) is 13.1 Å². The van der Waals surface area contributed by atoms with Gasteiger partial charge in [-0.3, -0.25) is 4.90 Å². The SMILES string of the molecule is CCCCCCCCN(CC#N)C(C#N)C(C)C. The van der Waals surface area contributed by atoms with Gasteiger partial charge in [-0.25, -0.2) is 0 Å². The second-order valence-corrected chi connectivity index (χ2v) is 5.21. The minimum Gasteiger partial charge on any atom is -0.275 e. The molecule has 0 fully saturated rings. The van der Waals surface area contributed by atoms with E-state index in [1.807, 2.05) is 18.7 Å². The van der Waals surface area contributed by atoms with Gasteiger partial charge in [0.1, 0.15) is 6.04 Å². The Morgan fingerprint density at radius 1 is 1.00 bits per heavy atom. The molecule has 3 heteroatoms. The molecule has 102 valence electrons. The normalized spacial score (nSPS) is 12.4. The Labute approximate surface area is 112 Å². The van der Waals surface area contributed by atoms with Crippen molar-refractivity contribution in [1.82, 2.24) is 4.90 Å². The molecule has 18 heavy (non-hydrogen) atoms. The van der Waals surface area contributed by atoms with Gasteiger partial charge in [0.05, 0.1) is 18.7 Å². The molecule has 0 amide bonds. The predicted molar refractivity (Wildman–Crippen MR) is 74.8 cm³/mol. The van der Waals surface area contributed by atoms with Crippen molar-refractivity contribution in [1.29, 1.82) is 10.5 Å². The van der Waals surface area contributed by atoms with Crippen LogP contribution in [0.5, 0.6) is 0 Å². The third kappa shape index (κ3) is 7.30. The first-order valence-corrected chi connectivity index (χ1v) is 7.18. The summed E-state index contributed by atoms with van der Waals surface area (Å²) in [7, 11) is 0. The molecule has 0 aromatic heterocycles. The van der Waals surface area contributed by atoms with E-state index < -0.39 is 0 Å². The summed E-state index contributed by atoms with van der Waals surface area (Å²) in [6.07, 6.45) is 7.46. The summed E-state index contributed by atoms with van der Waals surface area (Å²) in [4.78, 5) is 2.02. The van der Waals surface area contributed by atoms with Crippen molar-refractivity contribution in [2.24, 2.45) is 5.92 Å². The summed E-state index contributed by atoms with van der Waals surface area (Å²) in [5.41, 5.74) is 0. The summed E-state index contributed by atoms with van der Waals surface area (Å²) in [5.74, 6) is 0.281. The minimum atomic E-state index is -0.125. The number of nitriles is 2. The van der Waals surface area contributed by atoms with Gasteiger partial charge in [-0.05, 0) is 12.3 Å². The molecule has 0 radical (unpaired) electrons. The average Bonchev–Trinajstić information content (AvgIpc) is 2.34. The van der Waals surface area contributed by atoms with Crippen LogP contribution in [0.4, 0.5) is 0 Å². The molecule has 0 bridgehead atoms. The van der Waals surface area contributed by atoms with E-state index in [0.29, 0.717) is 6.54 Å². The van der Waals surface area contributed by atoms with Gasteiger partial charge in [-0.2, -0.15) is 10.5 Å². The zero-order valence-corrected chi connectivity index (χ0v) is 12.2. The monoisotopic (exact) mass is 249 g/mol. The molecule has 0 aliphatic rings. The summed E-state index contributed by atoms with van der Waals surface area (Å²) < 4.78 is 0. The van der Waals surface area contributed by atoms with E-state index in [4.69, 9.17) is 10.5 Å². The second-order valence-electron chi connectivity index (χ2n) is 5.21. The zero-order chi connectivity index (χ0) is 13.8. The van der Waals surface area contributed by atoms with E-state index in [-0.39, 0.29) is 12.0 Å². The molecule has 0 saturated carbocycles. The maximum absolute atomic E-state index is 9.17. The third-order valence-corrected chi connectivity index (χ3v) is 3.23. The van der Waals surface area contributed by atoms with Crippen molar-refractivity contribution in [2.45, 2.75) is 65.3 Å². The highest BCUT2D eigenvalue weighted by Gasteiger charge is 2.20. The standard InChI is InChI=1S/C15H27N3/c1-4-5-6-7-8-9-11-18(12-10-16)15(13-17)14(2)3/h14-15H,4-9,11-12H2,1-3H3. The molecule has 0 aliphatic heterocycles. The molecule has 3 nitrogen and oxygen atoms in total. The predicted octanol–water partition coefficient (Wildman–Crippen LogP) is 3.72. The molecule has 1 unspecified atom stereocenters. The van der Waals surface area contributed by atoms with Crippen LogP contribution < -0.4 is 0 Å². The Balaban J connectivity index is 3.98. The number of hydrogen-bond donors (Lipinski definition) is 0. The Hall–Kier alpha value is -1.06. The van der Waals surface area contributed by atoms with Gasteiger partial charge in [0, 0.05) is 6.54 Å². The lowest BCUT2D eigenvalue weighted by molar-refractivity contribution is 0.213. The van der Waals surface area contributed by atoms with Crippen LogP contribution in [0.3, 0.4) is 0 Å². The van der Waals surface area contributed by atoms with Crippen LogP contribution in [0.2, 0.25) is 0 Å². The van der Waals surface area contributed by atoms with Gasteiger partial charge in [-0.1, -0.05) is 52.9 Å². The van der Waals surface area contributed by atoms with Crippen LogP contribution in [0, 0.1) is 28.6 Å². The van der Waals surface area contributed by atoms with Crippen LogP contribution in [-0.4, -0.2) is 24.0 Å². The lowest BCUT2D eigenvalue weighted by Crippen LogP contribution is -2.38. The van der Waals surface area contributed by atoms with Crippen LogP contribution in [0.1, 0.15) is 59.3 Å². The van der Waals surface area contributed by atoms with E-state index >= 15 is 0 Å². The molecule has 0 heterocycles. The number of nitrogens with zero attached hydrogens (tertiary/aromatic N) is 3. The van der Waals surface area contributed by atoms with Gasteiger partial charge in [-0.15, -0.1) is 0 Å². The Morgan fingerprint density at radius 3 is 2.11 bits per heavy atom. The van der Waals surface area contributed by atoms with Crippen LogP contribution >= 0.6 is 0 Å². The third-order valence-electron chi connectivity index (χ3n) is 3.23. The van der Waals surface area contributed by atoms with E-state index in [1.165, 1.54) is 32.1 Å².